The Balaban J connectivity index is -0.000000123. The molecule has 0 atom stereocenters. The summed E-state index contributed by atoms with van der Waals surface area (Å²) in [6, 6.07) is 0. The fourth-order valence-corrected chi connectivity index (χ4v) is 9.49. The summed E-state index contributed by atoms with van der Waals surface area (Å²) < 4.78 is 116. The van der Waals surface area contributed by atoms with Gasteiger partial charge < -0.3 is 36.2 Å². The van der Waals surface area contributed by atoms with E-state index in [1.54, 1.807) is 0 Å². The molecule has 0 fully saturated rings. The summed E-state index contributed by atoms with van der Waals surface area (Å²) in [4.78, 5) is 0. The van der Waals surface area contributed by atoms with E-state index in [0.29, 0.717) is 0 Å². The zero-order valence-electron chi connectivity index (χ0n) is 33.8. The summed E-state index contributed by atoms with van der Waals surface area (Å²) in [6.45, 7) is 35.3. The third-order valence-electron chi connectivity index (χ3n) is 3.22. The van der Waals surface area contributed by atoms with Gasteiger partial charge >= 0.3 is 76.0 Å². The Bertz CT molecular complexity index is 801. The molecule has 0 rings (SSSR count). The molecule has 16 nitrogen and oxygen atoms in total. The molecule has 0 aromatic heterocycles. The molecule has 313 valence electrons. The van der Waals surface area contributed by atoms with Gasteiger partial charge in [0.05, 0.1) is 48.8 Å². The van der Waals surface area contributed by atoms with Crippen molar-refractivity contribution in [3.8, 4) is 0 Å². The van der Waals surface area contributed by atoms with Gasteiger partial charge in [-0.25, -0.2) is 0 Å². The molecule has 0 bridgehead atoms. The number of hydrogen-bond donors (Lipinski definition) is 3. The fourth-order valence-electron chi connectivity index (χ4n) is 3.16. The predicted octanol–water partition coefficient (Wildman–Crippen LogP) is 7.77. The van der Waals surface area contributed by atoms with Crippen molar-refractivity contribution in [3.63, 3.8) is 0 Å². The van der Waals surface area contributed by atoms with Crippen molar-refractivity contribution in [3.05, 3.63) is 0 Å². The standard InChI is InChI=1S/4C7H17O3P.ClH3O4.Co/c4*1-6(2)9-11(5,8)10-7(3)4;2-1(3,4)5;/h4*6-7H,1-5H3;2-4H;/q;;;;;+2. The van der Waals surface area contributed by atoms with Crippen molar-refractivity contribution < 1.29 is 100 Å². The van der Waals surface area contributed by atoms with E-state index in [9.17, 15) is 18.3 Å². The zero-order chi connectivity index (χ0) is 40.8. The van der Waals surface area contributed by atoms with E-state index in [0.717, 1.165) is 0 Å². The Labute approximate surface area is 315 Å². The van der Waals surface area contributed by atoms with E-state index in [1.807, 2.05) is 111 Å². The van der Waals surface area contributed by atoms with Crippen molar-refractivity contribution in [2.45, 2.75) is 160 Å². The van der Waals surface area contributed by atoms with Crippen LogP contribution in [0.25, 0.3) is 0 Å². The predicted molar refractivity (Wildman–Crippen MR) is 191 cm³/mol. The molecule has 0 aliphatic rings. The molecule has 0 saturated heterocycles. The van der Waals surface area contributed by atoms with E-state index >= 15 is 0 Å². The second kappa shape index (κ2) is 30.5. The van der Waals surface area contributed by atoms with Crippen molar-refractivity contribution in [2.75, 3.05) is 26.7 Å². The molecule has 0 saturated carbocycles. The fraction of sp³-hybridized carbons (Fsp3) is 1.00. The molecular weight excluding hydrogens is 811 g/mol. The minimum absolute atomic E-state index is 0. The molecule has 0 heterocycles. The Hall–Kier alpha value is 1.24. The Kier molecular flexibility index (Phi) is 38.5. The van der Waals surface area contributed by atoms with Crippen molar-refractivity contribution in [2.24, 2.45) is 0 Å². The van der Waals surface area contributed by atoms with Gasteiger partial charge in [-0.2, -0.15) is 0 Å². The van der Waals surface area contributed by atoms with Gasteiger partial charge in [0.25, 0.3) is 0 Å². The normalized spacial score (nSPS) is 13.0. The van der Waals surface area contributed by atoms with Crippen LogP contribution in [0, 0.1) is 10.2 Å². The van der Waals surface area contributed by atoms with E-state index in [-0.39, 0.29) is 65.6 Å². The Morgan fingerprint density at radius 1 is 0.360 bits per heavy atom. The van der Waals surface area contributed by atoms with Gasteiger partial charge in [0, 0.05) is 26.7 Å². The molecule has 0 aromatic carbocycles. The van der Waals surface area contributed by atoms with Crippen LogP contribution in [0.4, 0.5) is 0 Å². The summed E-state index contributed by atoms with van der Waals surface area (Å²) >= 11 is 0. The summed E-state index contributed by atoms with van der Waals surface area (Å²) in [5, 5.41) is 0. The maximum absolute atomic E-state index is 11.4. The molecule has 0 amide bonds. The quantitative estimate of drug-likeness (QED) is 0.126. The van der Waals surface area contributed by atoms with Crippen LogP contribution in [-0.2, 0) is 71.2 Å². The molecule has 3 N–H and O–H groups in total. The maximum atomic E-state index is 11.4. The SMILES string of the molecule is CC(C)OP(C)(=O)OC(C)C.CC(C)OP(C)(=O)OC(C)C.CC(C)OP(C)(=O)OC(C)C.CC(C)OP(C)(=O)OC(C)C.[Co+2].[O-][Cl+](O)(O)O. The first-order valence-electron chi connectivity index (χ1n) is 15.8. The Morgan fingerprint density at radius 2 is 0.420 bits per heavy atom. The van der Waals surface area contributed by atoms with Crippen LogP contribution in [0.5, 0.6) is 0 Å². The summed E-state index contributed by atoms with van der Waals surface area (Å²) in [5.41, 5.74) is 0. The van der Waals surface area contributed by atoms with Crippen LogP contribution in [-0.4, -0.2) is 89.5 Å². The second-order valence-electron chi connectivity index (χ2n) is 12.8. The zero-order valence-corrected chi connectivity index (χ0v) is 39.1. The number of rotatable bonds is 16. The molecule has 0 aliphatic carbocycles. The second-order valence-corrected chi connectivity index (χ2v) is 21.5. The van der Waals surface area contributed by atoms with Crippen molar-refractivity contribution in [1.29, 1.82) is 0 Å². The van der Waals surface area contributed by atoms with Gasteiger partial charge in [0.1, 0.15) is 0 Å². The van der Waals surface area contributed by atoms with Gasteiger partial charge in [0.2, 0.25) is 0 Å². The minimum atomic E-state index is -4.19. The van der Waals surface area contributed by atoms with Gasteiger partial charge in [-0.3, -0.25) is 18.3 Å². The number of halogens is 1. The Morgan fingerprint density at radius 3 is 0.460 bits per heavy atom. The van der Waals surface area contributed by atoms with Gasteiger partial charge in [-0.05, 0) is 111 Å². The number of hydrogen-bond acceptors (Lipinski definition) is 16. The average molecular weight is 882 g/mol. The van der Waals surface area contributed by atoms with E-state index in [1.165, 1.54) is 26.7 Å². The van der Waals surface area contributed by atoms with Crippen LogP contribution >= 0.6 is 30.4 Å². The molecule has 1 radical (unpaired) electrons. The molecule has 50 heavy (non-hydrogen) atoms. The topological polar surface area (TPSA) is 226 Å². The molecule has 0 aromatic rings. The van der Waals surface area contributed by atoms with E-state index in [2.05, 4.69) is 0 Å². The summed E-state index contributed by atoms with van der Waals surface area (Å²) in [5.74, 6) is 0. The van der Waals surface area contributed by atoms with Crippen LogP contribution in [0.1, 0.15) is 111 Å². The third-order valence-corrected chi connectivity index (χ3v) is 9.66. The molecule has 0 spiro atoms. The van der Waals surface area contributed by atoms with Crippen LogP contribution in [0.15, 0.2) is 0 Å². The molecule has 22 heteroatoms. The molecule has 0 aliphatic heterocycles. The summed E-state index contributed by atoms with van der Waals surface area (Å²) in [6.07, 6.45) is -0.410. The van der Waals surface area contributed by atoms with E-state index < -0.39 is 40.6 Å². The van der Waals surface area contributed by atoms with Crippen molar-refractivity contribution >= 4 is 30.4 Å². The van der Waals surface area contributed by atoms with E-state index in [4.69, 9.17) is 54.8 Å². The van der Waals surface area contributed by atoms with Crippen LogP contribution in [0.2, 0.25) is 0 Å². The molecule has 0 unspecified atom stereocenters. The van der Waals surface area contributed by atoms with Crippen molar-refractivity contribution in [1.82, 2.24) is 0 Å². The first kappa shape index (κ1) is 63.2. The molecular formula is C28H71ClCoO16P4+2. The third kappa shape index (κ3) is 67.4. The van der Waals surface area contributed by atoms with Gasteiger partial charge in [-0.15, -0.1) is 0 Å². The first-order chi connectivity index (χ1) is 21.3. The van der Waals surface area contributed by atoms with Gasteiger partial charge in [-0.1, -0.05) is 0 Å². The summed E-state index contributed by atoms with van der Waals surface area (Å²) in [7, 11) is -15.4. The van der Waals surface area contributed by atoms with Crippen LogP contribution in [0.3, 0.4) is 0 Å². The average Bonchev–Trinajstić information content (AvgIpc) is 2.65. The first-order valence-corrected chi connectivity index (χ1v) is 25.0. The van der Waals surface area contributed by atoms with Gasteiger partial charge in [0.15, 0.2) is 0 Å². The monoisotopic (exact) mass is 881 g/mol. The van der Waals surface area contributed by atoms with Crippen LogP contribution < -0.4 is 4.66 Å².